The van der Waals surface area contributed by atoms with E-state index in [1.54, 1.807) is 0 Å². The second-order valence-electron chi connectivity index (χ2n) is 6.33. The number of carbonyl (C=O) groups excluding carboxylic acids is 2. The fourth-order valence-corrected chi connectivity index (χ4v) is 2.67. The summed E-state index contributed by atoms with van der Waals surface area (Å²) in [4.78, 5) is 22.9. The van der Waals surface area contributed by atoms with Gasteiger partial charge in [-0.05, 0) is 12.0 Å². The van der Waals surface area contributed by atoms with E-state index in [1.807, 2.05) is 37.3 Å². The molecule has 1 aliphatic rings. The lowest BCUT2D eigenvalue weighted by Gasteiger charge is -2.41. The highest BCUT2D eigenvalue weighted by Crippen LogP contribution is 2.26. The van der Waals surface area contributed by atoms with Crippen molar-refractivity contribution >= 4 is 11.9 Å². The molecule has 0 amide bonds. The van der Waals surface area contributed by atoms with E-state index in [4.69, 9.17) is 18.9 Å². The molecule has 0 aromatic heterocycles. The Balaban J connectivity index is 2.10. The lowest BCUT2D eigenvalue weighted by Crippen LogP contribution is -2.60. The van der Waals surface area contributed by atoms with E-state index in [9.17, 15) is 19.8 Å². The molecule has 27 heavy (non-hydrogen) atoms. The predicted octanol–water partition coefficient (Wildman–Crippen LogP) is 0.925. The molecule has 0 spiro atoms. The van der Waals surface area contributed by atoms with E-state index < -0.39 is 42.6 Å². The number of aliphatic hydroxyl groups excluding tert-OH is 2. The molecule has 1 aromatic carbocycles. The van der Waals surface area contributed by atoms with Gasteiger partial charge in [-0.2, -0.15) is 0 Å². The fraction of sp³-hybridized carbons (Fsp3) is 0.579. The van der Waals surface area contributed by atoms with Crippen LogP contribution in [0.15, 0.2) is 30.3 Å². The van der Waals surface area contributed by atoms with Gasteiger partial charge in [0.05, 0.1) is 6.61 Å². The number of ether oxygens (including phenoxy) is 4. The van der Waals surface area contributed by atoms with E-state index in [2.05, 4.69) is 0 Å². The Morgan fingerprint density at radius 1 is 1.15 bits per heavy atom. The summed E-state index contributed by atoms with van der Waals surface area (Å²) in [6.07, 6.45) is -5.43. The third kappa shape index (κ3) is 6.28. The maximum Gasteiger partial charge on any atom is 0.306 e. The predicted molar refractivity (Wildman–Crippen MR) is 93.3 cm³/mol. The van der Waals surface area contributed by atoms with Gasteiger partial charge in [0, 0.05) is 13.3 Å². The first-order valence-electron chi connectivity index (χ1n) is 8.92. The molecule has 0 saturated carbocycles. The van der Waals surface area contributed by atoms with E-state index in [1.165, 1.54) is 6.92 Å². The Hall–Kier alpha value is -2.00. The van der Waals surface area contributed by atoms with Gasteiger partial charge in [0.15, 0.2) is 12.4 Å². The van der Waals surface area contributed by atoms with Crippen molar-refractivity contribution in [3.8, 4) is 0 Å². The Morgan fingerprint density at radius 2 is 1.85 bits per heavy atom. The van der Waals surface area contributed by atoms with E-state index in [0.29, 0.717) is 6.42 Å². The maximum absolute atomic E-state index is 11.9. The molecular formula is C19H26O8. The van der Waals surface area contributed by atoms with Crippen molar-refractivity contribution in [2.45, 2.75) is 64.0 Å². The lowest BCUT2D eigenvalue weighted by atomic mass is 9.99. The number of hydrogen-bond acceptors (Lipinski definition) is 8. The topological polar surface area (TPSA) is 112 Å². The minimum absolute atomic E-state index is 0.149. The number of benzene rings is 1. The molecular weight excluding hydrogens is 356 g/mol. The first-order chi connectivity index (χ1) is 12.9. The number of rotatable bonds is 8. The highest BCUT2D eigenvalue weighted by molar-refractivity contribution is 5.69. The zero-order valence-electron chi connectivity index (χ0n) is 15.4. The largest absolute Gasteiger partial charge is 0.463 e. The maximum atomic E-state index is 11.9. The summed E-state index contributed by atoms with van der Waals surface area (Å²) < 4.78 is 21.5. The van der Waals surface area contributed by atoms with E-state index >= 15 is 0 Å². The van der Waals surface area contributed by atoms with Gasteiger partial charge in [-0.3, -0.25) is 9.59 Å². The molecule has 0 aliphatic carbocycles. The van der Waals surface area contributed by atoms with Crippen LogP contribution < -0.4 is 0 Å². The summed E-state index contributed by atoms with van der Waals surface area (Å²) >= 11 is 0. The van der Waals surface area contributed by atoms with Crippen molar-refractivity contribution in [1.82, 2.24) is 0 Å². The van der Waals surface area contributed by atoms with Gasteiger partial charge in [-0.15, -0.1) is 0 Å². The number of carbonyl (C=O) groups is 2. The molecule has 1 heterocycles. The first-order valence-corrected chi connectivity index (χ1v) is 8.92. The van der Waals surface area contributed by atoms with Crippen molar-refractivity contribution < 1.29 is 38.7 Å². The number of hydrogen-bond donors (Lipinski definition) is 2. The minimum Gasteiger partial charge on any atom is -0.463 e. The zero-order valence-corrected chi connectivity index (χ0v) is 15.4. The van der Waals surface area contributed by atoms with Crippen LogP contribution in [0.2, 0.25) is 0 Å². The molecule has 1 aromatic rings. The van der Waals surface area contributed by atoms with Gasteiger partial charge in [-0.25, -0.2) is 0 Å². The Bertz CT molecular complexity index is 605. The van der Waals surface area contributed by atoms with Crippen LogP contribution in [0.5, 0.6) is 0 Å². The van der Waals surface area contributed by atoms with Crippen LogP contribution in [0.1, 0.15) is 32.3 Å². The van der Waals surface area contributed by atoms with Gasteiger partial charge >= 0.3 is 11.9 Å². The zero-order chi connectivity index (χ0) is 19.8. The summed E-state index contributed by atoms with van der Waals surface area (Å²) in [7, 11) is 0. The summed E-state index contributed by atoms with van der Waals surface area (Å²) in [5.41, 5.74) is 0.858. The molecule has 0 radical (unpaired) electrons. The number of aliphatic hydroxyl groups is 2. The second-order valence-corrected chi connectivity index (χ2v) is 6.33. The van der Waals surface area contributed by atoms with Crippen LogP contribution >= 0.6 is 0 Å². The second kappa shape index (κ2) is 10.4. The monoisotopic (exact) mass is 382 g/mol. The molecule has 1 saturated heterocycles. The average molecular weight is 382 g/mol. The van der Waals surface area contributed by atoms with Crippen molar-refractivity contribution in [2.75, 3.05) is 6.61 Å². The summed E-state index contributed by atoms with van der Waals surface area (Å²) in [6.45, 7) is 2.94. The Labute approximate surface area is 158 Å². The molecule has 1 fully saturated rings. The van der Waals surface area contributed by atoms with Crippen molar-refractivity contribution in [2.24, 2.45) is 0 Å². The van der Waals surface area contributed by atoms with Crippen LogP contribution in [0.3, 0.4) is 0 Å². The third-order valence-corrected chi connectivity index (χ3v) is 4.07. The lowest BCUT2D eigenvalue weighted by molar-refractivity contribution is -0.307. The van der Waals surface area contributed by atoms with Crippen molar-refractivity contribution in [3.63, 3.8) is 0 Å². The fourth-order valence-electron chi connectivity index (χ4n) is 2.67. The van der Waals surface area contributed by atoms with Crippen LogP contribution in [0, 0.1) is 0 Å². The smallest absolute Gasteiger partial charge is 0.306 e. The van der Waals surface area contributed by atoms with Crippen LogP contribution in [0.25, 0.3) is 0 Å². The summed E-state index contributed by atoms with van der Waals surface area (Å²) in [5.74, 6) is -1.07. The minimum atomic E-state index is -1.44. The average Bonchev–Trinajstić information content (AvgIpc) is 2.65. The Kier molecular flexibility index (Phi) is 8.18. The van der Waals surface area contributed by atoms with Gasteiger partial charge in [0.25, 0.3) is 0 Å². The molecule has 8 heteroatoms. The van der Waals surface area contributed by atoms with E-state index in [-0.39, 0.29) is 19.6 Å². The first kappa shape index (κ1) is 21.3. The van der Waals surface area contributed by atoms with Gasteiger partial charge in [-0.1, -0.05) is 37.3 Å². The molecule has 5 atom stereocenters. The summed E-state index contributed by atoms with van der Waals surface area (Å²) in [5, 5.41) is 20.7. The molecule has 150 valence electrons. The molecule has 8 nitrogen and oxygen atoms in total. The highest BCUT2D eigenvalue weighted by Gasteiger charge is 2.47. The summed E-state index contributed by atoms with van der Waals surface area (Å²) in [6, 6.07) is 9.26. The quantitative estimate of drug-likeness (QED) is 0.639. The molecule has 1 aliphatic heterocycles. The van der Waals surface area contributed by atoms with Crippen molar-refractivity contribution in [1.29, 1.82) is 0 Å². The van der Waals surface area contributed by atoms with Crippen LogP contribution in [0.4, 0.5) is 0 Å². The standard InChI is InChI=1S/C19H26O8/c1-3-7-15(21)27-18-17(23)16(22)14(11-24-12(2)20)26-19(18)25-10-13-8-5-4-6-9-13/h4-6,8-9,14,16-19,22-23H,3,7,10-11H2,1-2H3/t14-,16-,17+,18+,19+/m0/s1. The normalized spacial score (nSPS) is 27.8. The SMILES string of the molecule is CCCC(=O)O[C@H]1[C@H](OCc2ccccc2)O[C@@H](COC(C)=O)[C@H](O)[C@H]1O. The van der Waals surface area contributed by atoms with Crippen molar-refractivity contribution in [3.05, 3.63) is 35.9 Å². The van der Waals surface area contributed by atoms with E-state index in [0.717, 1.165) is 5.56 Å². The van der Waals surface area contributed by atoms with Gasteiger partial charge in [0.1, 0.15) is 24.9 Å². The number of esters is 2. The molecule has 0 bridgehead atoms. The van der Waals surface area contributed by atoms with Crippen LogP contribution in [-0.4, -0.2) is 59.5 Å². The molecule has 2 rings (SSSR count). The molecule has 0 unspecified atom stereocenters. The molecule has 2 N–H and O–H groups in total. The van der Waals surface area contributed by atoms with Crippen LogP contribution in [-0.2, 0) is 35.1 Å². The van der Waals surface area contributed by atoms with Gasteiger partial charge < -0.3 is 29.2 Å². The third-order valence-electron chi connectivity index (χ3n) is 4.07. The van der Waals surface area contributed by atoms with Gasteiger partial charge in [0.2, 0.25) is 0 Å². The highest BCUT2D eigenvalue weighted by atomic mass is 16.7. The Morgan fingerprint density at radius 3 is 2.48 bits per heavy atom.